The average molecular weight is 155 g/mol. The zero-order valence-electron chi connectivity index (χ0n) is 7.18. The fraction of sp³-hybridized carbons (Fsp3) is 0.667. The Kier molecular flexibility index (Phi) is 8.55. The van der Waals surface area contributed by atoms with E-state index in [1.165, 1.54) is 0 Å². The van der Waals surface area contributed by atoms with E-state index >= 15 is 0 Å². The first-order valence-corrected chi connectivity index (χ1v) is 4.23. The van der Waals surface area contributed by atoms with Crippen molar-refractivity contribution in [2.75, 3.05) is 6.54 Å². The number of unbranched alkanes of at least 4 members (excludes halogenated alkanes) is 2. The van der Waals surface area contributed by atoms with Crippen LogP contribution >= 0.6 is 0 Å². The predicted octanol–water partition coefficient (Wildman–Crippen LogP) is 1.87. The molecule has 1 amide bonds. The normalized spacial score (nSPS) is 10.3. The van der Waals surface area contributed by atoms with Crippen molar-refractivity contribution in [3.05, 3.63) is 12.2 Å². The lowest BCUT2D eigenvalue weighted by Crippen LogP contribution is -2.11. The SMILES string of the molecule is CC/C=C\CCCCNC=O. The summed E-state index contributed by atoms with van der Waals surface area (Å²) in [6.45, 7) is 2.94. The van der Waals surface area contributed by atoms with E-state index in [1.54, 1.807) is 0 Å². The molecule has 0 saturated carbocycles. The van der Waals surface area contributed by atoms with E-state index in [1.807, 2.05) is 0 Å². The predicted molar refractivity (Wildman–Crippen MR) is 47.3 cm³/mol. The fourth-order valence-corrected chi connectivity index (χ4v) is 0.833. The van der Waals surface area contributed by atoms with Gasteiger partial charge in [-0.3, -0.25) is 4.79 Å². The summed E-state index contributed by atoms with van der Waals surface area (Å²) < 4.78 is 0. The van der Waals surface area contributed by atoms with Gasteiger partial charge in [-0.25, -0.2) is 0 Å². The van der Waals surface area contributed by atoms with Crippen LogP contribution in [0.25, 0.3) is 0 Å². The molecule has 0 aliphatic heterocycles. The van der Waals surface area contributed by atoms with Gasteiger partial charge in [0.25, 0.3) is 0 Å². The van der Waals surface area contributed by atoms with Crippen molar-refractivity contribution in [2.45, 2.75) is 32.6 Å². The summed E-state index contributed by atoms with van der Waals surface area (Å²) in [6.07, 6.45) is 9.61. The maximum absolute atomic E-state index is 9.81. The average Bonchev–Trinajstić information content (AvgIpc) is 2.03. The molecule has 0 aromatic heterocycles. The van der Waals surface area contributed by atoms with E-state index < -0.39 is 0 Å². The molecule has 0 heterocycles. The molecule has 0 atom stereocenters. The van der Waals surface area contributed by atoms with Crippen LogP contribution in [0.2, 0.25) is 0 Å². The van der Waals surface area contributed by atoms with Crippen molar-refractivity contribution in [3.8, 4) is 0 Å². The molecule has 2 heteroatoms. The highest BCUT2D eigenvalue weighted by Gasteiger charge is 1.83. The van der Waals surface area contributed by atoms with Gasteiger partial charge in [-0.1, -0.05) is 19.1 Å². The van der Waals surface area contributed by atoms with Crippen LogP contribution in [0.15, 0.2) is 12.2 Å². The largest absolute Gasteiger partial charge is 0.359 e. The molecular weight excluding hydrogens is 138 g/mol. The van der Waals surface area contributed by atoms with Crippen LogP contribution in [-0.2, 0) is 4.79 Å². The Bertz CT molecular complexity index is 110. The van der Waals surface area contributed by atoms with Crippen LogP contribution in [0, 0.1) is 0 Å². The van der Waals surface area contributed by atoms with E-state index in [9.17, 15) is 4.79 Å². The van der Waals surface area contributed by atoms with Gasteiger partial charge >= 0.3 is 0 Å². The standard InChI is InChI=1S/C9H17NO/c1-2-3-4-5-6-7-8-10-9-11/h3-4,9H,2,5-8H2,1H3,(H,10,11)/b4-3-. The lowest BCUT2D eigenvalue weighted by atomic mass is 10.2. The number of hydrogen-bond acceptors (Lipinski definition) is 1. The molecule has 0 unspecified atom stereocenters. The van der Waals surface area contributed by atoms with Crippen LogP contribution in [0.5, 0.6) is 0 Å². The quantitative estimate of drug-likeness (QED) is 0.339. The third-order valence-electron chi connectivity index (χ3n) is 1.43. The maximum atomic E-state index is 9.81. The zero-order chi connectivity index (χ0) is 8.36. The van der Waals surface area contributed by atoms with Gasteiger partial charge in [0.2, 0.25) is 6.41 Å². The first-order chi connectivity index (χ1) is 5.41. The van der Waals surface area contributed by atoms with E-state index in [4.69, 9.17) is 0 Å². The van der Waals surface area contributed by atoms with Gasteiger partial charge in [0.1, 0.15) is 0 Å². The van der Waals surface area contributed by atoms with Crippen LogP contribution in [0.4, 0.5) is 0 Å². The highest BCUT2D eigenvalue weighted by Crippen LogP contribution is 1.95. The summed E-state index contributed by atoms with van der Waals surface area (Å²) >= 11 is 0. The van der Waals surface area contributed by atoms with Crippen LogP contribution < -0.4 is 5.32 Å². The lowest BCUT2D eigenvalue weighted by Gasteiger charge is -1.95. The number of carbonyl (C=O) groups excluding carboxylic acids is 1. The second kappa shape index (κ2) is 9.21. The molecule has 11 heavy (non-hydrogen) atoms. The molecule has 0 fully saturated rings. The molecule has 0 aromatic rings. The minimum Gasteiger partial charge on any atom is -0.359 e. The van der Waals surface area contributed by atoms with E-state index in [0.717, 1.165) is 38.6 Å². The third-order valence-corrected chi connectivity index (χ3v) is 1.43. The lowest BCUT2D eigenvalue weighted by molar-refractivity contribution is -0.109. The molecule has 64 valence electrons. The molecular formula is C9H17NO. The Hall–Kier alpha value is -0.790. The summed E-state index contributed by atoms with van der Waals surface area (Å²) in [4.78, 5) is 9.81. The molecule has 0 saturated heterocycles. The number of nitrogens with one attached hydrogen (secondary N) is 1. The number of rotatable bonds is 7. The summed E-state index contributed by atoms with van der Waals surface area (Å²) in [5, 5.41) is 2.63. The molecule has 0 radical (unpaired) electrons. The maximum Gasteiger partial charge on any atom is 0.207 e. The second-order valence-corrected chi connectivity index (χ2v) is 2.45. The van der Waals surface area contributed by atoms with Crippen LogP contribution in [0.3, 0.4) is 0 Å². The van der Waals surface area contributed by atoms with Gasteiger partial charge in [-0.15, -0.1) is 0 Å². The number of carbonyl (C=O) groups is 1. The third kappa shape index (κ3) is 9.21. The molecule has 0 spiro atoms. The van der Waals surface area contributed by atoms with Gasteiger partial charge in [0.15, 0.2) is 0 Å². The smallest absolute Gasteiger partial charge is 0.207 e. The monoisotopic (exact) mass is 155 g/mol. The topological polar surface area (TPSA) is 29.1 Å². The van der Waals surface area contributed by atoms with Gasteiger partial charge in [0.05, 0.1) is 0 Å². The first-order valence-electron chi connectivity index (χ1n) is 4.23. The van der Waals surface area contributed by atoms with Crippen LogP contribution in [0.1, 0.15) is 32.6 Å². The van der Waals surface area contributed by atoms with Gasteiger partial charge < -0.3 is 5.32 Å². The second-order valence-electron chi connectivity index (χ2n) is 2.45. The highest BCUT2D eigenvalue weighted by molar-refractivity contribution is 5.45. The summed E-state index contributed by atoms with van der Waals surface area (Å²) in [6, 6.07) is 0. The highest BCUT2D eigenvalue weighted by atomic mass is 16.1. The van der Waals surface area contributed by atoms with Gasteiger partial charge in [0, 0.05) is 6.54 Å². The number of hydrogen-bond donors (Lipinski definition) is 1. The van der Waals surface area contributed by atoms with Crippen molar-refractivity contribution in [1.82, 2.24) is 5.32 Å². The van der Waals surface area contributed by atoms with Crippen molar-refractivity contribution in [3.63, 3.8) is 0 Å². The van der Waals surface area contributed by atoms with Crippen molar-refractivity contribution < 1.29 is 4.79 Å². The Labute approximate surface area is 68.7 Å². The molecule has 0 aromatic carbocycles. The summed E-state index contributed by atoms with van der Waals surface area (Å²) in [5.74, 6) is 0. The molecule has 1 N–H and O–H groups in total. The van der Waals surface area contributed by atoms with Gasteiger partial charge in [-0.05, 0) is 25.7 Å². The van der Waals surface area contributed by atoms with E-state index in [-0.39, 0.29) is 0 Å². The Morgan fingerprint density at radius 3 is 2.73 bits per heavy atom. The van der Waals surface area contributed by atoms with E-state index in [0.29, 0.717) is 0 Å². The number of amides is 1. The number of allylic oxidation sites excluding steroid dienone is 2. The Balaban J connectivity index is 2.90. The Morgan fingerprint density at radius 2 is 2.09 bits per heavy atom. The van der Waals surface area contributed by atoms with Crippen molar-refractivity contribution in [1.29, 1.82) is 0 Å². The van der Waals surface area contributed by atoms with Crippen molar-refractivity contribution >= 4 is 6.41 Å². The van der Waals surface area contributed by atoms with Gasteiger partial charge in [-0.2, -0.15) is 0 Å². The van der Waals surface area contributed by atoms with Crippen molar-refractivity contribution in [2.24, 2.45) is 0 Å². The minimum absolute atomic E-state index is 0.752. The van der Waals surface area contributed by atoms with E-state index in [2.05, 4.69) is 24.4 Å². The summed E-state index contributed by atoms with van der Waals surface area (Å²) in [5.41, 5.74) is 0. The molecule has 2 nitrogen and oxygen atoms in total. The first kappa shape index (κ1) is 10.2. The van der Waals surface area contributed by atoms with Crippen LogP contribution in [-0.4, -0.2) is 13.0 Å². The Morgan fingerprint density at radius 1 is 1.27 bits per heavy atom. The molecule has 0 aliphatic carbocycles. The molecule has 0 rings (SSSR count). The zero-order valence-corrected chi connectivity index (χ0v) is 7.18. The minimum atomic E-state index is 0.752. The summed E-state index contributed by atoms with van der Waals surface area (Å²) in [7, 11) is 0. The fourth-order valence-electron chi connectivity index (χ4n) is 0.833. The molecule has 0 aliphatic rings. The molecule has 0 bridgehead atoms.